The van der Waals surface area contributed by atoms with E-state index in [1.165, 1.54) is 0 Å². The van der Waals surface area contributed by atoms with Crippen molar-refractivity contribution in [2.45, 2.75) is 71.9 Å². The van der Waals surface area contributed by atoms with E-state index in [1.54, 1.807) is 6.92 Å². The molecule has 3 unspecified atom stereocenters. The van der Waals surface area contributed by atoms with Gasteiger partial charge in [-0.2, -0.15) is 5.21 Å². The van der Waals surface area contributed by atoms with Crippen LogP contribution in [0.4, 0.5) is 0 Å². The van der Waals surface area contributed by atoms with Gasteiger partial charge in [0.2, 0.25) is 5.82 Å². The number of hydrogen-bond acceptors (Lipinski definition) is 6. The number of H-pyrrole nitrogens is 1. The molecule has 0 aliphatic heterocycles. The second kappa shape index (κ2) is 11.2. The Morgan fingerprint density at radius 1 is 1.11 bits per heavy atom. The van der Waals surface area contributed by atoms with E-state index in [2.05, 4.69) is 34.5 Å². The molecule has 3 aromatic heterocycles. The highest BCUT2D eigenvalue weighted by atomic mass is 16.2. The number of hydrogen-bond donors (Lipinski definition) is 1. The number of pyridine rings is 1. The van der Waals surface area contributed by atoms with Crippen molar-refractivity contribution in [3.8, 4) is 22.5 Å². The Balaban J connectivity index is 1.46. The number of aromatic amines is 1. The lowest BCUT2D eigenvalue weighted by molar-refractivity contribution is -0.121. The van der Waals surface area contributed by atoms with Crippen molar-refractivity contribution in [1.82, 2.24) is 34.7 Å². The molecule has 4 aromatic rings. The van der Waals surface area contributed by atoms with Gasteiger partial charge in [0.05, 0.1) is 18.3 Å². The highest BCUT2D eigenvalue weighted by molar-refractivity contribution is 5.80. The lowest BCUT2D eigenvalue weighted by Gasteiger charge is -2.23. The zero-order valence-electron chi connectivity index (χ0n) is 22.3. The minimum absolute atomic E-state index is 0.0407. The summed E-state index contributed by atoms with van der Waals surface area (Å²) >= 11 is 0. The number of Topliss-reactive ketones (excluding diaryl/α,β-unsaturated/α-hetero) is 1. The van der Waals surface area contributed by atoms with Crippen molar-refractivity contribution >= 4 is 5.78 Å². The minimum atomic E-state index is -0.0933. The van der Waals surface area contributed by atoms with Gasteiger partial charge in [0.25, 0.3) is 0 Å². The van der Waals surface area contributed by atoms with Gasteiger partial charge >= 0.3 is 5.69 Å². The summed E-state index contributed by atoms with van der Waals surface area (Å²) in [6.45, 7) is 6.37. The lowest BCUT2D eigenvalue weighted by atomic mass is 9.93. The zero-order valence-corrected chi connectivity index (χ0v) is 22.3. The Bertz CT molecular complexity index is 1440. The monoisotopic (exact) mass is 513 g/mol. The average Bonchev–Trinajstić information content (AvgIpc) is 3.68. The Kier molecular flexibility index (Phi) is 7.62. The summed E-state index contributed by atoms with van der Waals surface area (Å²) in [5.41, 5.74) is 4.54. The van der Waals surface area contributed by atoms with Gasteiger partial charge in [0.1, 0.15) is 5.78 Å². The third-order valence-electron chi connectivity index (χ3n) is 7.95. The van der Waals surface area contributed by atoms with Gasteiger partial charge in [0, 0.05) is 35.1 Å². The zero-order chi connectivity index (χ0) is 26.6. The Morgan fingerprint density at radius 3 is 2.58 bits per heavy atom. The molecule has 1 N–H and O–H groups in total. The fraction of sp³-hybridized carbons (Fsp3) is 0.448. The maximum absolute atomic E-state index is 13.8. The molecule has 9 heteroatoms. The summed E-state index contributed by atoms with van der Waals surface area (Å²) in [4.78, 5) is 31.0. The molecule has 1 saturated carbocycles. The minimum Gasteiger partial charge on any atom is -0.300 e. The molecule has 0 spiro atoms. The number of unbranched alkanes of at least 4 members (excludes halogenated alkanes) is 1. The van der Waals surface area contributed by atoms with Crippen molar-refractivity contribution in [3.05, 3.63) is 70.7 Å². The molecule has 0 saturated heterocycles. The summed E-state index contributed by atoms with van der Waals surface area (Å²) in [6, 6.07) is 11.8. The van der Waals surface area contributed by atoms with Crippen LogP contribution in [-0.4, -0.2) is 40.5 Å². The molecular formula is C29H35N7O2. The number of tetrazole rings is 1. The third kappa shape index (κ3) is 4.97. The highest BCUT2D eigenvalue weighted by Crippen LogP contribution is 2.42. The Labute approximate surface area is 222 Å². The number of nitrogens with zero attached hydrogens (tertiary/aromatic N) is 6. The number of ketones is 1. The standard InChI is InChI=1S/C29H35N7O2/c1-4-6-9-23-18-36(27-20(5-2)13-15-24(27)19(3)37)29(38)35(23)17-22-14-12-21(16-30-22)25-10-7-8-11-26(25)28-31-33-34-32-28/h7-8,10-12,14,16,18,20,24,27H,4-6,9,13,15,17H2,1-3H3,(H,31,32,33,34). The third-order valence-corrected chi connectivity index (χ3v) is 7.95. The molecule has 1 aliphatic carbocycles. The molecule has 0 bridgehead atoms. The van der Waals surface area contributed by atoms with E-state index >= 15 is 0 Å². The second-order valence-corrected chi connectivity index (χ2v) is 10.3. The van der Waals surface area contributed by atoms with Gasteiger partial charge in [0.15, 0.2) is 0 Å². The molecule has 1 aliphatic rings. The number of nitrogens with one attached hydrogen (secondary N) is 1. The first-order valence-corrected chi connectivity index (χ1v) is 13.6. The summed E-state index contributed by atoms with van der Waals surface area (Å²) < 4.78 is 3.72. The van der Waals surface area contributed by atoms with Gasteiger partial charge in [-0.05, 0) is 55.4 Å². The number of imidazole rings is 1. The van der Waals surface area contributed by atoms with Crippen LogP contribution in [0.1, 0.15) is 70.3 Å². The van der Waals surface area contributed by atoms with Crippen LogP contribution in [0.15, 0.2) is 53.6 Å². The highest BCUT2D eigenvalue weighted by Gasteiger charge is 2.40. The van der Waals surface area contributed by atoms with Gasteiger partial charge in [-0.3, -0.25) is 18.9 Å². The van der Waals surface area contributed by atoms with E-state index in [0.717, 1.165) is 66.6 Å². The SMILES string of the molecule is CCCCc1cn(C2C(CC)CCC2C(C)=O)c(=O)n1Cc1ccc(-c2ccccc2-c2nn[nH]n2)cn1. The van der Waals surface area contributed by atoms with Crippen LogP contribution >= 0.6 is 0 Å². The Morgan fingerprint density at radius 2 is 1.92 bits per heavy atom. The van der Waals surface area contributed by atoms with Crippen LogP contribution in [0.3, 0.4) is 0 Å². The summed E-state index contributed by atoms with van der Waals surface area (Å²) in [7, 11) is 0. The maximum atomic E-state index is 13.8. The van der Waals surface area contributed by atoms with E-state index < -0.39 is 0 Å². The molecule has 1 aromatic carbocycles. The molecule has 0 radical (unpaired) electrons. The van der Waals surface area contributed by atoms with Crippen molar-refractivity contribution in [2.24, 2.45) is 11.8 Å². The number of rotatable bonds is 10. The first-order valence-electron chi connectivity index (χ1n) is 13.6. The van der Waals surface area contributed by atoms with Gasteiger partial charge in [-0.25, -0.2) is 4.79 Å². The normalized spacial score (nSPS) is 19.2. The summed E-state index contributed by atoms with van der Waals surface area (Å²) in [6.07, 6.45) is 9.52. The number of aryl methyl sites for hydroxylation is 1. The molecule has 198 valence electrons. The molecule has 5 rings (SSSR count). The van der Waals surface area contributed by atoms with Crippen molar-refractivity contribution in [1.29, 1.82) is 0 Å². The first-order chi connectivity index (χ1) is 18.5. The molecule has 3 atom stereocenters. The average molecular weight is 514 g/mol. The quantitative estimate of drug-likeness (QED) is 0.325. The van der Waals surface area contributed by atoms with Crippen molar-refractivity contribution in [2.75, 3.05) is 0 Å². The van der Waals surface area contributed by atoms with Crippen LogP contribution in [0.2, 0.25) is 0 Å². The largest absolute Gasteiger partial charge is 0.328 e. The molecule has 38 heavy (non-hydrogen) atoms. The molecule has 1 fully saturated rings. The van der Waals surface area contributed by atoms with Crippen LogP contribution in [0, 0.1) is 11.8 Å². The predicted octanol–water partition coefficient (Wildman–Crippen LogP) is 4.85. The summed E-state index contributed by atoms with van der Waals surface area (Å²) in [5, 5.41) is 14.4. The summed E-state index contributed by atoms with van der Waals surface area (Å²) in [5.74, 6) is 0.954. The van der Waals surface area contributed by atoms with Crippen LogP contribution in [-0.2, 0) is 17.8 Å². The van der Waals surface area contributed by atoms with E-state index in [-0.39, 0.29) is 23.4 Å². The van der Waals surface area contributed by atoms with Crippen LogP contribution < -0.4 is 5.69 Å². The van der Waals surface area contributed by atoms with E-state index in [4.69, 9.17) is 4.98 Å². The first kappa shape index (κ1) is 25.8. The molecule has 9 nitrogen and oxygen atoms in total. The topological polar surface area (TPSA) is 111 Å². The van der Waals surface area contributed by atoms with Gasteiger partial charge in [-0.1, -0.05) is 57.0 Å². The van der Waals surface area contributed by atoms with Crippen LogP contribution in [0.5, 0.6) is 0 Å². The predicted molar refractivity (Wildman–Crippen MR) is 145 cm³/mol. The van der Waals surface area contributed by atoms with E-state index in [1.807, 2.05) is 57.9 Å². The smallest absolute Gasteiger partial charge is 0.300 e. The Hall–Kier alpha value is -3.88. The number of aromatic nitrogens is 7. The number of carbonyl (C=O) groups excluding carboxylic acids is 1. The van der Waals surface area contributed by atoms with E-state index in [0.29, 0.717) is 18.3 Å². The molecular weight excluding hydrogens is 478 g/mol. The second-order valence-electron chi connectivity index (χ2n) is 10.3. The van der Waals surface area contributed by atoms with E-state index in [9.17, 15) is 9.59 Å². The fourth-order valence-corrected chi connectivity index (χ4v) is 5.91. The van der Waals surface area contributed by atoms with Crippen molar-refractivity contribution < 1.29 is 4.79 Å². The van der Waals surface area contributed by atoms with Gasteiger partial charge < -0.3 is 0 Å². The molecule has 0 amide bonds. The number of benzene rings is 1. The van der Waals surface area contributed by atoms with Crippen molar-refractivity contribution in [3.63, 3.8) is 0 Å². The van der Waals surface area contributed by atoms with Crippen LogP contribution in [0.25, 0.3) is 22.5 Å². The molecule has 3 heterocycles. The fourth-order valence-electron chi connectivity index (χ4n) is 5.91. The number of carbonyl (C=O) groups is 1. The van der Waals surface area contributed by atoms with Gasteiger partial charge in [-0.15, -0.1) is 10.2 Å². The maximum Gasteiger partial charge on any atom is 0.328 e. The lowest BCUT2D eigenvalue weighted by Crippen LogP contribution is -2.34.